The van der Waals surface area contributed by atoms with Gasteiger partial charge in [0.2, 0.25) is 0 Å². The number of nitrogens with zero attached hydrogens (tertiary/aromatic N) is 3. The molecule has 0 aliphatic carbocycles. The number of hydrogen-bond acceptors (Lipinski definition) is 4. The highest BCUT2D eigenvalue weighted by Gasteiger charge is 2.25. The molecule has 1 fully saturated rings. The zero-order valence-electron chi connectivity index (χ0n) is 17.5. The lowest BCUT2D eigenvalue weighted by atomic mass is 9.92. The summed E-state index contributed by atoms with van der Waals surface area (Å²) in [7, 11) is 1.66. The smallest absolute Gasteiger partial charge is 0.271 e. The first-order chi connectivity index (χ1) is 15.2. The van der Waals surface area contributed by atoms with Crippen LogP contribution in [-0.4, -0.2) is 40.4 Å². The first-order valence-electron chi connectivity index (χ1n) is 10.7. The van der Waals surface area contributed by atoms with E-state index in [2.05, 4.69) is 30.3 Å². The van der Waals surface area contributed by atoms with E-state index in [1.807, 2.05) is 45.1 Å². The molecule has 0 spiro atoms. The van der Waals surface area contributed by atoms with E-state index in [-0.39, 0.29) is 5.91 Å². The number of ether oxygens (including phenoxy) is 1. The molecule has 2 aromatic carbocycles. The third-order valence-corrected chi connectivity index (χ3v) is 6.92. The van der Waals surface area contributed by atoms with Gasteiger partial charge in [0, 0.05) is 30.2 Å². The first-order valence-corrected chi connectivity index (χ1v) is 11.6. The number of likely N-dealkylation sites (tertiary alicyclic amines) is 1. The minimum atomic E-state index is 0.0922. The van der Waals surface area contributed by atoms with Gasteiger partial charge in [0.15, 0.2) is 4.96 Å². The molecule has 0 bridgehead atoms. The summed E-state index contributed by atoms with van der Waals surface area (Å²) in [5.41, 5.74) is 3.90. The molecule has 0 saturated carbocycles. The highest BCUT2D eigenvalue weighted by molar-refractivity contribution is 7.15. The van der Waals surface area contributed by atoms with Crippen LogP contribution in [0.1, 0.15) is 41.2 Å². The molecule has 1 aliphatic rings. The van der Waals surface area contributed by atoms with E-state index in [0.717, 1.165) is 54.3 Å². The maximum atomic E-state index is 13.4. The van der Waals surface area contributed by atoms with Crippen molar-refractivity contribution in [3.63, 3.8) is 0 Å². The summed E-state index contributed by atoms with van der Waals surface area (Å²) >= 11 is 1.51. The average molecular weight is 432 g/mol. The molecule has 1 unspecified atom stereocenters. The number of fused-ring (bicyclic) bond motifs is 1. The topological polar surface area (TPSA) is 46.8 Å². The Hall–Kier alpha value is -3.12. The third kappa shape index (κ3) is 3.95. The van der Waals surface area contributed by atoms with Gasteiger partial charge in [0.25, 0.3) is 5.91 Å². The number of thiazole rings is 1. The highest BCUT2D eigenvalue weighted by atomic mass is 32.1. The molecule has 158 valence electrons. The monoisotopic (exact) mass is 431 g/mol. The Labute approximate surface area is 185 Å². The predicted octanol–water partition coefficient (Wildman–Crippen LogP) is 5.48. The molecule has 5 rings (SSSR count). The maximum absolute atomic E-state index is 13.4. The largest absolute Gasteiger partial charge is 0.497 e. The van der Waals surface area contributed by atoms with Crippen molar-refractivity contribution in [1.29, 1.82) is 0 Å². The number of benzene rings is 2. The van der Waals surface area contributed by atoms with Crippen LogP contribution in [0.2, 0.25) is 0 Å². The molecule has 6 heteroatoms. The van der Waals surface area contributed by atoms with Crippen molar-refractivity contribution in [3.05, 3.63) is 77.4 Å². The van der Waals surface area contributed by atoms with Gasteiger partial charge >= 0.3 is 0 Å². The summed E-state index contributed by atoms with van der Waals surface area (Å²) in [4.78, 5) is 21.0. The van der Waals surface area contributed by atoms with Crippen LogP contribution < -0.4 is 4.74 Å². The van der Waals surface area contributed by atoms with Crippen molar-refractivity contribution in [2.75, 3.05) is 20.2 Å². The number of rotatable bonds is 4. The lowest BCUT2D eigenvalue weighted by Gasteiger charge is -2.20. The molecule has 2 aromatic heterocycles. The van der Waals surface area contributed by atoms with Gasteiger partial charge < -0.3 is 9.64 Å². The summed E-state index contributed by atoms with van der Waals surface area (Å²) in [6.45, 7) is 1.59. The molecule has 31 heavy (non-hydrogen) atoms. The molecule has 0 radical (unpaired) electrons. The van der Waals surface area contributed by atoms with Crippen LogP contribution in [0.3, 0.4) is 0 Å². The number of hydrogen-bond donors (Lipinski definition) is 0. The van der Waals surface area contributed by atoms with Crippen LogP contribution in [-0.2, 0) is 0 Å². The number of amides is 1. The number of imidazole rings is 1. The van der Waals surface area contributed by atoms with Crippen LogP contribution in [0.5, 0.6) is 5.75 Å². The van der Waals surface area contributed by atoms with Gasteiger partial charge in [-0.25, -0.2) is 4.98 Å². The molecule has 3 heterocycles. The predicted molar refractivity (Wildman–Crippen MR) is 124 cm³/mol. The Kier molecular flexibility index (Phi) is 5.47. The normalized spacial score (nSPS) is 16.9. The SMILES string of the molecule is COc1cccc(-c2cn3c(C(=O)N4CCCC(c5ccccc5)CC4)csc3n2)c1. The van der Waals surface area contributed by atoms with Crippen molar-refractivity contribution in [2.24, 2.45) is 0 Å². The fourth-order valence-electron chi connectivity index (χ4n) is 4.38. The molecule has 1 saturated heterocycles. The van der Waals surface area contributed by atoms with E-state index in [1.165, 1.54) is 16.9 Å². The summed E-state index contributed by atoms with van der Waals surface area (Å²) in [5.74, 6) is 1.41. The Morgan fingerprint density at radius 3 is 2.81 bits per heavy atom. The Balaban J connectivity index is 1.37. The minimum absolute atomic E-state index is 0.0922. The van der Waals surface area contributed by atoms with Crippen molar-refractivity contribution in [3.8, 4) is 17.0 Å². The average Bonchev–Trinajstić information content (AvgIpc) is 3.31. The van der Waals surface area contributed by atoms with Crippen molar-refractivity contribution < 1.29 is 9.53 Å². The second kappa shape index (κ2) is 8.55. The molecule has 5 nitrogen and oxygen atoms in total. The molecular formula is C25H25N3O2S. The lowest BCUT2D eigenvalue weighted by Crippen LogP contribution is -2.32. The fraction of sp³-hybridized carbons (Fsp3) is 0.280. The molecule has 0 N–H and O–H groups in total. The zero-order valence-corrected chi connectivity index (χ0v) is 18.3. The minimum Gasteiger partial charge on any atom is -0.497 e. The van der Waals surface area contributed by atoms with E-state index in [1.54, 1.807) is 7.11 Å². The van der Waals surface area contributed by atoms with E-state index in [9.17, 15) is 4.79 Å². The van der Waals surface area contributed by atoms with Gasteiger partial charge in [-0.1, -0.05) is 42.5 Å². The second-order valence-electron chi connectivity index (χ2n) is 7.96. The van der Waals surface area contributed by atoms with E-state index in [0.29, 0.717) is 11.6 Å². The summed E-state index contributed by atoms with van der Waals surface area (Å²) < 4.78 is 7.26. The third-order valence-electron chi connectivity index (χ3n) is 6.08. The van der Waals surface area contributed by atoms with Gasteiger partial charge in [0.05, 0.1) is 12.8 Å². The lowest BCUT2D eigenvalue weighted by molar-refractivity contribution is 0.0754. The molecular weight excluding hydrogens is 406 g/mol. The molecule has 1 amide bonds. The van der Waals surface area contributed by atoms with Crippen LogP contribution >= 0.6 is 11.3 Å². The van der Waals surface area contributed by atoms with Gasteiger partial charge in [-0.3, -0.25) is 9.20 Å². The zero-order chi connectivity index (χ0) is 21.2. The molecule has 4 aromatic rings. The first kappa shape index (κ1) is 19.8. The molecule has 1 aliphatic heterocycles. The summed E-state index contributed by atoms with van der Waals surface area (Å²) in [5, 5.41) is 1.93. The van der Waals surface area contributed by atoms with Crippen molar-refractivity contribution in [1.82, 2.24) is 14.3 Å². The standard InChI is InChI=1S/C25H25N3O2S/c1-30-21-11-5-9-20(15-21)22-16-28-23(17-31-25(28)26-22)24(29)27-13-6-10-19(12-14-27)18-7-3-2-4-8-18/h2-5,7-9,11,15-17,19H,6,10,12-14H2,1H3. The second-order valence-corrected chi connectivity index (χ2v) is 8.80. The van der Waals surface area contributed by atoms with Crippen molar-refractivity contribution in [2.45, 2.75) is 25.2 Å². The van der Waals surface area contributed by atoms with Gasteiger partial charge in [0.1, 0.15) is 11.4 Å². The highest BCUT2D eigenvalue weighted by Crippen LogP contribution is 2.30. The summed E-state index contributed by atoms with van der Waals surface area (Å²) in [6.07, 6.45) is 5.11. The van der Waals surface area contributed by atoms with Crippen LogP contribution in [0.4, 0.5) is 0 Å². The number of methoxy groups -OCH3 is 1. The van der Waals surface area contributed by atoms with E-state index >= 15 is 0 Å². The fourth-order valence-corrected chi connectivity index (χ4v) is 5.23. The molecule has 1 atom stereocenters. The maximum Gasteiger partial charge on any atom is 0.271 e. The van der Waals surface area contributed by atoms with Gasteiger partial charge in [-0.2, -0.15) is 0 Å². The summed E-state index contributed by atoms with van der Waals surface area (Å²) in [6, 6.07) is 18.5. The van der Waals surface area contributed by atoms with Gasteiger partial charge in [-0.15, -0.1) is 11.3 Å². The van der Waals surface area contributed by atoms with Crippen molar-refractivity contribution >= 4 is 22.2 Å². The van der Waals surface area contributed by atoms with Crippen LogP contribution in [0.25, 0.3) is 16.2 Å². The number of carbonyl (C=O) groups is 1. The van der Waals surface area contributed by atoms with Crippen LogP contribution in [0, 0.1) is 0 Å². The van der Waals surface area contributed by atoms with E-state index < -0.39 is 0 Å². The Morgan fingerprint density at radius 1 is 1.10 bits per heavy atom. The van der Waals surface area contributed by atoms with Crippen LogP contribution in [0.15, 0.2) is 66.2 Å². The number of aromatic nitrogens is 2. The Morgan fingerprint density at radius 2 is 1.97 bits per heavy atom. The quantitative estimate of drug-likeness (QED) is 0.430. The van der Waals surface area contributed by atoms with Gasteiger partial charge in [-0.05, 0) is 42.9 Å². The number of carbonyl (C=O) groups excluding carboxylic acids is 1. The van der Waals surface area contributed by atoms with E-state index in [4.69, 9.17) is 9.72 Å². The Bertz CT molecular complexity index is 1200.